The van der Waals surface area contributed by atoms with Crippen LogP contribution in [0.25, 0.3) is 10.9 Å². The fourth-order valence-corrected chi connectivity index (χ4v) is 3.19. The molecule has 0 bridgehead atoms. The van der Waals surface area contributed by atoms with Gasteiger partial charge in [-0.3, -0.25) is 10.1 Å². The van der Waals surface area contributed by atoms with E-state index in [0.717, 1.165) is 10.8 Å². The van der Waals surface area contributed by atoms with Crippen LogP contribution in [-0.4, -0.2) is 44.5 Å². The number of carboxylic acids is 1. The molecular weight excluding hydrogens is 326 g/mol. The molecule has 3 heterocycles. The molecule has 2 fully saturated rings. The highest BCUT2D eigenvalue weighted by Crippen LogP contribution is 2.45. The Hall–Kier alpha value is -2.33. The van der Waals surface area contributed by atoms with Crippen molar-refractivity contribution < 1.29 is 23.4 Å². The van der Waals surface area contributed by atoms with Crippen LogP contribution in [-0.2, 0) is 4.74 Å². The summed E-state index contributed by atoms with van der Waals surface area (Å²) in [6, 6.07) is -0.709. The van der Waals surface area contributed by atoms with E-state index in [2.05, 4.69) is 10.4 Å². The van der Waals surface area contributed by atoms with Gasteiger partial charge in [0.15, 0.2) is 0 Å². The lowest BCUT2D eigenvalue weighted by Gasteiger charge is -2.36. The fourth-order valence-electron chi connectivity index (χ4n) is 3.19. The van der Waals surface area contributed by atoms with Crippen molar-refractivity contribution in [2.75, 3.05) is 13.2 Å². The Bertz CT molecular complexity index is 877. The Kier molecular flexibility index (Phi) is 3.22. The Labute approximate surface area is 133 Å². The van der Waals surface area contributed by atoms with Crippen LogP contribution in [0, 0.1) is 0 Å². The maximum Gasteiger partial charge on any atom is 0.339 e. The average molecular weight is 340 g/mol. The molecule has 128 valence electrons. The molecule has 0 amide bonds. The second kappa shape index (κ2) is 5.08. The van der Waals surface area contributed by atoms with Crippen LogP contribution >= 0.6 is 0 Å². The van der Waals surface area contributed by atoms with Gasteiger partial charge in [-0.25, -0.2) is 18.3 Å². The van der Waals surface area contributed by atoms with E-state index in [-0.39, 0.29) is 16.5 Å². The zero-order valence-corrected chi connectivity index (χ0v) is 12.4. The van der Waals surface area contributed by atoms with Crippen LogP contribution in [0.15, 0.2) is 17.2 Å². The molecule has 0 spiro atoms. The van der Waals surface area contributed by atoms with Gasteiger partial charge in [0.1, 0.15) is 5.56 Å². The van der Waals surface area contributed by atoms with Crippen molar-refractivity contribution in [1.82, 2.24) is 19.7 Å². The maximum absolute atomic E-state index is 13.1. The van der Waals surface area contributed by atoms with Gasteiger partial charge in [-0.1, -0.05) is 0 Å². The number of pyridine rings is 1. The summed E-state index contributed by atoms with van der Waals surface area (Å²) in [7, 11) is 0. The van der Waals surface area contributed by atoms with Gasteiger partial charge in [-0.2, -0.15) is 5.10 Å². The zero-order valence-electron chi connectivity index (χ0n) is 12.4. The quantitative estimate of drug-likeness (QED) is 0.863. The van der Waals surface area contributed by atoms with E-state index in [9.17, 15) is 23.5 Å². The number of hydrogen-bond donors (Lipinski definition) is 2. The maximum atomic E-state index is 13.1. The third-order valence-electron chi connectivity index (χ3n) is 4.39. The van der Waals surface area contributed by atoms with E-state index >= 15 is 0 Å². The summed E-state index contributed by atoms with van der Waals surface area (Å²) in [4.78, 5) is 24.2. The molecule has 2 aromatic heterocycles. The first-order valence-electron chi connectivity index (χ1n) is 7.46. The number of nitrogens with one attached hydrogen (secondary N) is 1. The van der Waals surface area contributed by atoms with E-state index < -0.39 is 42.7 Å². The number of nitrogens with zero attached hydrogens (tertiary/aromatic N) is 3. The molecule has 0 radical (unpaired) electrons. The number of alkyl halides is 2. The molecule has 4 rings (SSSR count). The first-order valence-corrected chi connectivity index (χ1v) is 7.46. The standard InChI is InChI=1S/C14H14F2N4O4/c15-14(16)3-7(4-14)19-6-9(12(22)23)10-8(11(19)21)5-18-20(10)13-17-1-2-24-13/h5-7,13,17H,1-4H2,(H,22,23). The van der Waals surface area contributed by atoms with Crippen LogP contribution in [0.3, 0.4) is 0 Å². The molecule has 8 nitrogen and oxygen atoms in total. The van der Waals surface area contributed by atoms with Crippen molar-refractivity contribution in [3.63, 3.8) is 0 Å². The number of rotatable bonds is 3. The highest BCUT2D eigenvalue weighted by Gasteiger charge is 2.47. The van der Waals surface area contributed by atoms with Crippen LogP contribution in [0.2, 0.25) is 0 Å². The minimum atomic E-state index is -2.81. The number of ether oxygens (including phenoxy) is 1. The smallest absolute Gasteiger partial charge is 0.339 e. The van der Waals surface area contributed by atoms with E-state index in [4.69, 9.17) is 4.74 Å². The molecule has 2 aromatic rings. The molecule has 0 aromatic carbocycles. The highest BCUT2D eigenvalue weighted by atomic mass is 19.3. The van der Waals surface area contributed by atoms with Crippen molar-refractivity contribution in [3.05, 3.63) is 28.3 Å². The molecule has 1 saturated heterocycles. The molecule has 2 aliphatic rings. The lowest BCUT2D eigenvalue weighted by Crippen LogP contribution is -2.41. The predicted molar refractivity (Wildman–Crippen MR) is 77.2 cm³/mol. The van der Waals surface area contributed by atoms with Crippen LogP contribution in [0.5, 0.6) is 0 Å². The second-order valence-corrected chi connectivity index (χ2v) is 6.01. The van der Waals surface area contributed by atoms with Gasteiger partial charge in [-0.15, -0.1) is 0 Å². The Morgan fingerprint density at radius 1 is 1.46 bits per heavy atom. The van der Waals surface area contributed by atoms with Gasteiger partial charge in [0.05, 0.1) is 23.7 Å². The Morgan fingerprint density at radius 3 is 2.79 bits per heavy atom. The summed E-state index contributed by atoms with van der Waals surface area (Å²) in [5, 5.41) is 16.6. The lowest BCUT2D eigenvalue weighted by atomic mass is 9.87. The van der Waals surface area contributed by atoms with Crippen molar-refractivity contribution >= 4 is 16.9 Å². The van der Waals surface area contributed by atoms with Crippen molar-refractivity contribution in [1.29, 1.82) is 0 Å². The normalized spacial score (nSPS) is 23.5. The summed E-state index contributed by atoms with van der Waals surface area (Å²) in [5.41, 5.74) is -0.580. The molecular formula is C14H14F2N4O4. The van der Waals surface area contributed by atoms with Crippen molar-refractivity contribution in [3.8, 4) is 0 Å². The van der Waals surface area contributed by atoms with Crippen molar-refractivity contribution in [2.24, 2.45) is 0 Å². The fraction of sp³-hybridized carbons (Fsp3) is 0.500. The van der Waals surface area contributed by atoms with Crippen LogP contribution in [0.4, 0.5) is 8.78 Å². The minimum Gasteiger partial charge on any atom is -0.478 e. The first-order chi connectivity index (χ1) is 11.4. The number of hydrogen-bond acceptors (Lipinski definition) is 5. The third kappa shape index (κ3) is 2.21. The molecule has 24 heavy (non-hydrogen) atoms. The number of halogens is 2. The van der Waals surface area contributed by atoms with Gasteiger partial charge in [0.2, 0.25) is 6.35 Å². The van der Waals surface area contributed by atoms with Gasteiger partial charge < -0.3 is 14.4 Å². The summed E-state index contributed by atoms with van der Waals surface area (Å²) < 4.78 is 34.0. The lowest BCUT2D eigenvalue weighted by molar-refractivity contribution is -0.104. The van der Waals surface area contributed by atoms with Gasteiger partial charge >= 0.3 is 5.97 Å². The number of carbonyl (C=O) groups is 1. The topological polar surface area (TPSA) is 98.4 Å². The number of carboxylic acid groups (broad SMARTS) is 1. The molecule has 2 N–H and O–H groups in total. The summed E-state index contributed by atoms with van der Waals surface area (Å²) in [5.74, 6) is -4.08. The van der Waals surface area contributed by atoms with E-state index in [1.165, 1.54) is 10.9 Å². The van der Waals surface area contributed by atoms with Crippen molar-refractivity contribution in [2.45, 2.75) is 31.2 Å². The van der Waals surface area contributed by atoms with Crippen LogP contribution in [0.1, 0.15) is 35.6 Å². The Morgan fingerprint density at radius 2 is 2.21 bits per heavy atom. The minimum absolute atomic E-state index is 0.0717. The second-order valence-electron chi connectivity index (χ2n) is 6.01. The van der Waals surface area contributed by atoms with Gasteiger partial charge in [-0.05, 0) is 0 Å². The average Bonchev–Trinajstić information content (AvgIpc) is 3.13. The molecule has 10 heteroatoms. The summed E-state index contributed by atoms with van der Waals surface area (Å²) in [6.07, 6.45) is 0.766. The molecule has 1 unspecified atom stereocenters. The molecule has 1 atom stereocenters. The largest absolute Gasteiger partial charge is 0.478 e. The highest BCUT2D eigenvalue weighted by molar-refractivity contribution is 6.01. The van der Waals surface area contributed by atoms with E-state index in [0.29, 0.717) is 13.2 Å². The Balaban J connectivity index is 1.88. The number of aromatic nitrogens is 3. The predicted octanol–water partition coefficient (Wildman–Crippen LogP) is 0.942. The number of aromatic carboxylic acids is 1. The molecule has 1 aliphatic carbocycles. The molecule has 1 aliphatic heterocycles. The first kappa shape index (κ1) is 15.2. The summed E-state index contributed by atoms with van der Waals surface area (Å²) >= 11 is 0. The third-order valence-corrected chi connectivity index (χ3v) is 4.39. The SMILES string of the molecule is O=C(O)c1cn(C2CC(F)(F)C2)c(=O)c2cnn(C3NCCO3)c12. The van der Waals surface area contributed by atoms with Gasteiger partial charge in [0, 0.05) is 31.6 Å². The van der Waals surface area contributed by atoms with E-state index in [1.807, 2.05) is 0 Å². The monoisotopic (exact) mass is 340 g/mol. The van der Waals surface area contributed by atoms with Gasteiger partial charge in [0.25, 0.3) is 11.5 Å². The number of fused-ring (bicyclic) bond motifs is 1. The zero-order chi connectivity index (χ0) is 17.1. The molecule has 1 saturated carbocycles. The van der Waals surface area contributed by atoms with E-state index in [1.54, 1.807) is 0 Å². The van der Waals surface area contributed by atoms with Crippen LogP contribution < -0.4 is 10.9 Å². The summed E-state index contributed by atoms with van der Waals surface area (Å²) in [6.45, 7) is 1.01.